The first-order valence-electron chi connectivity index (χ1n) is 8.74. The van der Waals surface area contributed by atoms with Gasteiger partial charge in [0.15, 0.2) is 0 Å². The molecule has 0 spiro atoms. The molecule has 8 heteroatoms. The van der Waals surface area contributed by atoms with Crippen LogP contribution in [0.5, 0.6) is 0 Å². The van der Waals surface area contributed by atoms with Crippen LogP contribution in [-0.4, -0.2) is 15.9 Å². The Labute approximate surface area is 166 Å². The van der Waals surface area contributed by atoms with E-state index in [-0.39, 0.29) is 24.0 Å². The van der Waals surface area contributed by atoms with Gasteiger partial charge in [0.2, 0.25) is 0 Å². The van der Waals surface area contributed by atoms with Gasteiger partial charge in [0.25, 0.3) is 11.6 Å². The van der Waals surface area contributed by atoms with Crippen LogP contribution in [0.2, 0.25) is 0 Å². The van der Waals surface area contributed by atoms with Crippen LogP contribution in [0.25, 0.3) is 0 Å². The summed E-state index contributed by atoms with van der Waals surface area (Å²) in [7, 11) is 0. The molecule has 29 heavy (non-hydrogen) atoms. The standard InChI is InChI=1S/C21H18FN3O4/c22-17-6-8-18(9-7-17)24-21(27)16-4-1-14(2-5-16)12-23-19-11-15(13-26)3-10-20(19)25(28)29/h1-11,23,26H,12-13H2,(H,24,27). The number of hydrogen-bond acceptors (Lipinski definition) is 5. The Morgan fingerprint density at radius 1 is 1.00 bits per heavy atom. The van der Waals surface area contributed by atoms with Crippen molar-refractivity contribution in [3.8, 4) is 0 Å². The number of rotatable bonds is 7. The number of carbonyl (C=O) groups is 1. The monoisotopic (exact) mass is 395 g/mol. The summed E-state index contributed by atoms with van der Waals surface area (Å²) in [4.78, 5) is 22.9. The lowest BCUT2D eigenvalue weighted by molar-refractivity contribution is -0.384. The molecule has 0 fully saturated rings. The highest BCUT2D eigenvalue weighted by molar-refractivity contribution is 6.04. The average molecular weight is 395 g/mol. The van der Waals surface area contributed by atoms with Gasteiger partial charge in [-0.3, -0.25) is 14.9 Å². The summed E-state index contributed by atoms with van der Waals surface area (Å²) in [6.45, 7) is 0.0835. The molecule has 0 bridgehead atoms. The number of nitrogens with zero attached hydrogens (tertiary/aromatic N) is 1. The maximum atomic E-state index is 12.9. The van der Waals surface area contributed by atoms with Gasteiger partial charge in [0, 0.05) is 23.9 Å². The largest absolute Gasteiger partial charge is 0.392 e. The maximum absolute atomic E-state index is 12.9. The smallest absolute Gasteiger partial charge is 0.292 e. The molecule has 0 heterocycles. The first-order valence-corrected chi connectivity index (χ1v) is 8.74. The molecule has 0 aliphatic carbocycles. The fraction of sp³-hybridized carbons (Fsp3) is 0.0952. The summed E-state index contributed by atoms with van der Waals surface area (Å²) in [6.07, 6.45) is 0. The third-order valence-corrected chi connectivity index (χ3v) is 4.24. The Morgan fingerprint density at radius 2 is 1.66 bits per heavy atom. The summed E-state index contributed by atoms with van der Waals surface area (Å²) >= 11 is 0. The minimum absolute atomic E-state index is 0.0857. The van der Waals surface area contributed by atoms with Gasteiger partial charge in [-0.15, -0.1) is 0 Å². The molecule has 0 atom stereocenters. The molecular weight excluding hydrogens is 377 g/mol. The second-order valence-corrected chi connectivity index (χ2v) is 6.28. The van der Waals surface area contributed by atoms with E-state index in [0.29, 0.717) is 29.0 Å². The molecule has 148 valence electrons. The second kappa shape index (κ2) is 8.94. The van der Waals surface area contributed by atoms with Gasteiger partial charge in [0.1, 0.15) is 11.5 Å². The van der Waals surface area contributed by atoms with Crippen molar-refractivity contribution in [3.63, 3.8) is 0 Å². The Bertz CT molecular complexity index is 1020. The molecule has 3 aromatic rings. The molecule has 0 radical (unpaired) electrons. The number of amides is 1. The molecular formula is C21H18FN3O4. The second-order valence-electron chi connectivity index (χ2n) is 6.28. The minimum Gasteiger partial charge on any atom is -0.392 e. The zero-order valence-electron chi connectivity index (χ0n) is 15.3. The van der Waals surface area contributed by atoms with E-state index in [1.807, 2.05) is 0 Å². The summed E-state index contributed by atoms with van der Waals surface area (Å²) in [5.41, 5.74) is 2.50. The number of nitro benzene ring substituents is 1. The third kappa shape index (κ3) is 5.14. The van der Waals surface area contributed by atoms with E-state index in [9.17, 15) is 24.4 Å². The SMILES string of the molecule is O=C(Nc1ccc(F)cc1)c1ccc(CNc2cc(CO)ccc2[N+](=O)[O-])cc1. The van der Waals surface area contributed by atoms with Crippen molar-refractivity contribution in [3.05, 3.63) is 99.4 Å². The number of aliphatic hydroxyl groups excluding tert-OH is 1. The lowest BCUT2D eigenvalue weighted by atomic mass is 10.1. The lowest BCUT2D eigenvalue weighted by Crippen LogP contribution is -2.12. The zero-order valence-corrected chi connectivity index (χ0v) is 15.3. The van der Waals surface area contributed by atoms with Gasteiger partial charge in [-0.05, 0) is 59.7 Å². The number of nitro groups is 1. The minimum atomic E-state index is -0.494. The number of aliphatic hydroxyl groups is 1. The molecule has 0 saturated carbocycles. The van der Waals surface area contributed by atoms with Crippen LogP contribution in [0.4, 0.5) is 21.5 Å². The highest BCUT2D eigenvalue weighted by atomic mass is 19.1. The molecule has 3 aromatic carbocycles. The summed E-state index contributed by atoms with van der Waals surface area (Å²) < 4.78 is 12.9. The first kappa shape index (κ1) is 20.0. The number of hydrogen-bond donors (Lipinski definition) is 3. The number of anilines is 2. The highest BCUT2D eigenvalue weighted by Crippen LogP contribution is 2.26. The topological polar surface area (TPSA) is 104 Å². The summed E-state index contributed by atoms with van der Waals surface area (Å²) in [5.74, 6) is -0.716. The fourth-order valence-electron chi connectivity index (χ4n) is 2.69. The van der Waals surface area contributed by atoms with Crippen molar-refractivity contribution in [2.75, 3.05) is 10.6 Å². The Hall–Kier alpha value is -3.78. The Balaban J connectivity index is 1.66. The predicted molar refractivity (Wildman–Crippen MR) is 107 cm³/mol. The van der Waals surface area contributed by atoms with Crippen LogP contribution >= 0.6 is 0 Å². The Morgan fingerprint density at radius 3 is 2.28 bits per heavy atom. The van der Waals surface area contributed by atoms with Gasteiger partial charge in [0.05, 0.1) is 11.5 Å². The summed E-state index contributed by atoms with van der Waals surface area (Å²) in [6, 6.07) is 16.6. The summed E-state index contributed by atoms with van der Waals surface area (Å²) in [5, 5.41) is 26.0. The van der Waals surface area contributed by atoms with Crippen LogP contribution in [0, 0.1) is 15.9 Å². The molecule has 3 N–H and O–H groups in total. The van der Waals surface area contributed by atoms with E-state index < -0.39 is 4.92 Å². The molecule has 0 saturated heterocycles. The van der Waals surface area contributed by atoms with E-state index in [0.717, 1.165) is 5.56 Å². The predicted octanol–water partition coefficient (Wildman–Crippen LogP) is 4.09. The zero-order chi connectivity index (χ0) is 20.8. The first-order chi connectivity index (χ1) is 14.0. The van der Waals surface area contributed by atoms with Crippen molar-refractivity contribution in [1.29, 1.82) is 0 Å². The molecule has 7 nitrogen and oxygen atoms in total. The van der Waals surface area contributed by atoms with Gasteiger partial charge in [-0.1, -0.05) is 12.1 Å². The third-order valence-electron chi connectivity index (χ3n) is 4.24. The normalized spacial score (nSPS) is 10.4. The average Bonchev–Trinajstić information content (AvgIpc) is 2.73. The van der Waals surface area contributed by atoms with Gasteiger partial charge >= 0.3 is 0 Å². The van der Waals surface area contributed by atoms with Crippen molar-refractivity contribution in [1.82, 2.24) is 0 Å². The van der Waals surface area contributed by atoms with Crippen molar-refractivity contribution in [2.45, 2.75) is 13.2 Å². The van der Waals surface area contributed by atoms with Gasteiger partial charge in [-0.25, -0.2) is 4.39 Å². The van der Waals surface area contributed by atoms with E-state index in [4.69, 9.17) is 0 Å². The van der Waals surface area contributed by atoms with Crippen LogP contribution < -0.4 is 10.6 Å². The van der Waals surface area contributed by atoms with Crippen molar-refractivity contribution in [2.24, 2.45) is 0 Å². The number of nitrogens with one attached hydrogen (secondary N) is 2. The number of carbonyl (C=O) groups excluding carboxylic acids is 1. The number of halogens is 1. The molecule has 0 aliphatic heterocycles. The molecule has 0 aromatic heterocycles. The molecule has 1 amide bonds. The lowest BCUT2D eigenvalue weighted by Gasteiger charge is -2.10. The van der Waals surface area contributed by atoms with Crippen LogP contribution in [-0.2, 0) is 13.2 Å². The van der Waals surface area contributed by atoms with Crippen molar-refractivity contribution >= 4 is 23.0 Å². The van der Waals surface area contributed by atoms with Gasteiger partial charge in [-0.2, -0.15) is 0 Å². The Kier molecular flexibility index (Phi) is 6.16. The quantitative estimate of drug-likeness (QED) is 0.413. The molecule has 3 rings (SSSR count). The molecule has 0 aliphatic rings. The van der Waals surface area contributed by atoms with E-state index in [1.165, 1.54) is 42.5 Å². The van der Waals surface area contributed by atoms with Crippen molar-refractivity contribution < 1.29 is 19.2 Å². The maximum Gasteiger partial charge on any atom is 0.292 e. The van der Waals surface area contributed by atoms with Crippen LogP contribution in [0.15, 0.2) is 66.7 Å². The van der Waals surface area contributed by atoms with Gasteiger partial charge < -0.3 is 15.7 Å². The molecule has 0 unspecified atom stereocenters. The van der Waals surface area contributed by atoms with E-state index >= 15 is 0 Å². The number of benzene rings is 3. The van der Waals surface area contributed by atoms with E-state index in [1.54, 1.807) is 24.3 Å². The highest BCUT2D eigenvalue weighted by Gasteiger charge is 2.14. The van der Waals surface area contributed by atoms with Crippen LogP contribution in [0.3, 0.4) is 0 Å². The van der Waals surface area contributed by atoms with Crippen LogP contribution in [0.1, 0.15) is 21.5 Å². The fourth-order valence-corrected chi connectivity index (χ4v) is 2.69. The van der Waals surface area contributed by atoms with E-state index in [2.05, 4.69) is 10.6 Å².